The van der Waals surface area contributed by atoms with Crippen molar-refractivity contribution >= 4 is 5.65 Å². The largest absolute Gasteiger partial charge is 0.469 e. The number of aromatic amines is 1. The third-order valence-electron chi connectivity index (χ3n) is 3.79. The van der Waals surface area contributed by atoms with Gasteiger partial charge in [-0.3, -0.25) is 9.89 Å². The van der Waals surface area contributed by atoms with Gasteiger partial charge in [-0.15, -0.1) is 0 Å². The highest BCUT2D eigenvalue weighted by atomic mass is 16.3. The van der Waals surface area contributed by atoms with Crippen LogP contribution in [0.1, 0.15) is 17.0 Å². The third-order valence-corrected chi connectivity index (χ3v) is 3.79. The Morgan fingerprint density at radius 1 is 1.45 bits per heavy atom. The number of hydrogen-bond donors (Lipinski definition) is 2. The van der Waals surface area contributed by atoms with Crippen molar-refractivity contribution in [1.29, 1.82) is 0 Å². The van der Waals surface area contributed by atoms with Crippen LogP contribution in [0.5, 0.6) is 0 Å². The normalized spacial score (nSPS) is 14.7. The third kappa shape index (κ3) is 1.55. The molecule has 0 saturated heterocycles. The predicted molar refractivity (Wildman–Crippen MR) is 73.7 cm³/mol. The summed E-state index contributed by atoms with van der Waals surface area (Å²) in [6.07, 6.45) is 2.37. The topological polar surface area (TPSA) is 75.3 Å². The molecule has 0 unspecified atom stereocenters. The number of hydrogen-bond acceptors (Lipinski definition) is 4. The predicted octanol–water partition coefficient (Wildman–Crippen LogP) is 1.24. The first-order chi connectivity index (χ1) is 9.74. The smallest absolute Gasteiger partial charge is 0.276 e. The van der Waals surface area contributed by atoms with E-state index in [9.17, 15) is 4.79 Å². The minimum Gasteiger partial charge on any atom is -0.469 e. The Kier molecular flexibility index (Phi) is 2.34. The number of aromatic nitrogens is 3. The lowest BCUT2D eigenvalue weighted by Gasteiger charge is -2.14. The molecule has 1 aliphatic rings. The molecule has 0 atom stereocenters. The minimum atomic E-state index is -0.00102. The van der Waals surface area contributed by atoms with Gasteiger partial charge in [-0.05, 0) is 26.0 Å². The van der Waals surface area contributed by atoms with Gasteiger partial charge in [-0.25, -0.2) is 9.50 Å². The average Bonchev–Trinajstić information content (AvgIpc) is 3.05. The zero-order chi connectivity index (χ0) is 13.7. The Bertz CT molecular complexity index is 856. The summed E-state index contributed by atoms with van der Waals surface area (Å²) in [5.74, 6) is 0.816. The van der Waals surface area contributed by atoms with Crippen molar-refractivity contribution < 1.29 is 4.42 Å². The fourth-order valence-corrected chi connectivity index (χ4v) is 2.72. The van der Waals surface area contributed by atoms with Crippen LogP contribution in [-0.2, 0) is 13.0 Å². The van der Waals surface area contributed by atoms with E-state index in [1.54, 1.807) is 6.26 Å². The van der Waals surface area contributed by atoms with Crippen LogP contribution >= 0.6 is 0 Å². The zero-order valence-electron chi connectivity index (χ0n) is 11.1. The van der Waals surface area contributed by atoms with Gasteiger partial charge in [0.2, 0.25) is 0 Å². The fourth-order valence-electron chi connectivity index (χ4n) is 2.72. The van der Waals surface area contributed by atoms with E-state index in [2.05, 4.69) is 15.4 Å². The number of H-pyrrole nitrogens is 1. The fraction of sp³-hybridized carbons (Fsp3) is 0.286. The molecule has 6 heteroatoms. The molecule has 0 amide bonds. The highest BCUT2D eigenvalue weighted by Crippen LogP contribution is 2.23. The van der Waals surface area contributed by atoms with Crippen LogP contribution < -0.4 is 10.9 Å². The van der Waals surface area contributed by atoms with Crippen LogP contribution in [0.25, 0.3) is 16.9 Å². The van der Waals surface area contributed by atoms with Crippen molar-refractivity contribution in [3.63, 3.8) is 0 Å². The van der Waals surface area contributed by atoms with Gasteiger partial charge < -0.3 is 9.73 Å². The summed E-state index contributed by atoms with van der Waals surface area (Å²) in [5.41, 5.74) is 4.10. The van der Waals surface area contributed by atoms with Crippen LogP contribution in [0.4, 0.5) is 0 Å². The maximum atomic E-state index is 12.5. The van der Waals surface area contributed by atoms with Gasteiger partial charge in [0.25, 0.3) is 5.56 Å². The number of rotatable bonds is 1. The molecule has 1 aliphatic heterocycles. The molecule has 0 aromatic carbocycles. The van der Waals surface area contributed by atoms with Crippen LogP contribution in [0, 0.1) is 6.92 Å². The Balaban J connectivity index is 1.98. The maximum Gasteiger partial charge on any atom is 0.276 e. The summed E-state index contributed by atoms with van der Waals surface area (Å²) in [7, 11) is 0. The molecule has 3 aromatic rings. The Hall–Kier alpha value is -2.34. The van der Waals surface area contributed by atoms with Crippen molar-refractivity contribution in [3.05, 3.63) is 45.8 Å². The summed E-state index contributed by atoms with van der Waals surface area (Å²) >= 11 is 0. The van der Waals surface area contributed by atoms with Gasteiger partial charge in [0.1, 0.15) is 5.76 Å². The molecule has 6 nitrogen and oxygen atoms in total. The standard InChI is InChI=1S/C14H14N4O2/c1-8-9(3-5-20-8)11-6-13-16-12-7-15-4-2-10(12)14(19)18(13)17-11/h3,5-6,15,17H,2,4,7H2,1H3. The second-order valence-electron chi connectivity index (χ2n) is 5.02. The van der Waals surface area contributed by atoms with Gasteiger partial charge in [0.15, 0.2) is 5.65 Å². The van der Waals surface area contributed by atoms with E-state index < -0.39 is 0 Å². The molecular formula is C14H14N4O2. The van der Waals surface area contributed by atoms with Crippen molar-refractivity contribution in [1.82, 2.24) is 19.9 Å². The second kappa shape index (κ2) is 4.08. The molecular weight excluding hydrogens is 256 g/mol. The number of nitrogens with one attached hydrogen (secondary N) is 2. The molecule has 4 heterocycles. The van der Waals surface area contributed by atoms with Crippen molar-refractivity contribution in [2.75, 3.05) is 6.54 Å². The Morgan fingerprint density at radius 2 is 2.35 bits per heavy atom. The van der Waals surface area contributed by atoms with Crippen molar-refractivity contribution in [2.45, 2.75) is 19.9 Å². The molecule has 0 bridgehead atoms. The molecule has 0 saturated carbocycles. The van der Waals surface area contributed by atoms with Crippen molar-refractivity contribution in [2.24, 2.45) is 0 Å². The van der Waals surface area contributed by atoms with Crippen molar-refractivity contribution in [3.8, 4) is 11.3 Å². The number of furan rings is 1. The molecule has 0 fully saturated rings. The first-order valence-corrected chi connectivity index (χ1v) is 6.63. The molecule has 4 rings (SSSR count). The highest BCUT2D eigenvalue weighted by molar-refractivity contribution is 5.65. The summed E-state index contributed by atoms with van der Waals surface area (Å²) in [6.45, 7) is 3.38. The first kappa shape index (κ1) is 11.5. The van der Waals surface area contributed by atoms with Gasteiger partial charge in [-0.1, -0.05) is 0 Å². The Labute approximate surface area is 114 Å². The van der Waals surface area contributed by atoms with E-state index >= 15 is 0 Å². The summed E-state index contributed by atoms with van der Waals surface area (Å²) in [4.78, 5) is 17.1. The van der Waals surface area contributed by atoms with Gasteiger partial charge in [0.05, 0.1) is 17.7 Å². The highest BCUT2D eigenvalue weighted by Gasteiger charge is 2.18. The number of nitrogens with zero attached hydrogens (tertiary/aromatic N) is 2. The van der Waals surface area contributed by atoms with Gasteiger partial charge in [-0.2, -0.15) is 0 Å². The summed E-state index contributed by atoms with van der Waals surface area (Å²) < 4.78 is 6.83. The maximum absolute atomic E-state index is 12.5. The van der Waals surface area contributed by atoms with E-state index in [0.29, 0.717) is 12.2 Å². The zero-order valence-corrected chi connectivity index (χ0v) is 11.1. The van der Waals surface area contributed by atoms with Gasteiger partial charge in [0, 0.05) is 23.7 Å². The Morgan fingerprint density at radius 3 is 3.15 bits per heavy atom. The average molecular weight is 270 g/mol. The van der Waals surface area contributed by atoms with E-state index in [0.717, 1.165) is 41.2 Å². The van der Waals surface area contributed by atoms with Crippen LogP contribution in [-0.4, -0.2) is 21.1 Å². The quantitative estimate of drug-likeness (QED) is 0.697. The molecule has 20 heavy (non-hydrogen) atoms. The molecule has 2 N–H and O–H groups in total. The lowest BCUT2D eigenvalue weighted by molar-refractivity contribution is 0.535. The lowest BCUT2D eigenvalue weighted by atomic mass is 10.1. The number of fused-ring (bicyclic) bond motifs is 2. The van der Waals surface area contributed by atoms with Crippen LogP contribution in [0.2, 0.25) is 0 Å². The number of aryl methyl sites for hydroxylation is 1. The second-order valence-corrected chi connectivity index (χ2v) is 5.02. The van der Waals surface area contributed by atoms with E-state index in [1.165, 1.54) is 4.52 Å². The van der Waals surface area contributed by atoms with Crippen LogP contribution in [0.15, 0.2) is 27.6 Å². The monoisotopic (exact) mass is 270 g/mol. The molecule has 3 aromatic heterocycles. The molecule has 102 valence electrons. The first-order valence-electron chi connectivity index (χ1n) is 6.63. The molecule has 0 aliphatic carbocycles. The summed E-state index contributed by atoms with van der Waals surface area (Å²) in [6, 6.07) is 3.76. The van der Waals surface area contributed by atoms with E-state index in [-0.39, 0.29) is 5.56 Å². The molecule has 0 radical (unpaired) electrons. The summed E-state index contributed by atoms with van der Waals surface area (Å²) in [5, 5.41) is 6.36. The van der Waals surface area contributed by atoms with Crippen LogP contribution in [0.3, 0.4) is 0 Å². The van der Waals surface area contributed by atoms with Gasteiger partial charge >= 0.3 is 0 Å². The van der Waals surface area contributed by atoms with E-state index in [1.807, 2.05) is 19.1 Å². The minimum absolute atomic E-state index is 0.00102. The molecule has 0 spiro atoms. The lowest BCUT2D eigenvalue weighted by Crippen LogP contribution is -2.32. The SMILES string of the molecule is Cc1occc1-c1cc2nc3c(c(=O)n2[nH]1)CCNC3. The van der Waals surface area contributed by atoms with E-state index in [4.69, 9.17) is 4.42 Å².